The van der Waals surface area contributed by atoms with Crippen LogP contribution in [0.15, 0.2) is 30.3 Å². The fraction of sp³-hybridized carbons (Fsp3) is 0.684. The van der Waals surface area contributed by atoms with E-state index < -0.39 is 0 Å². The van der Waals surface area contributed by atoms with Crippen molar-refractivity contribution in [3.05, 3.63) is 35.9 Å². The van der Waals surface area contributed by atoms with Crippen molar-refractivity contribution in [3.63, 3.8) is 0 Å². The van der Waals surface area contributed by atoms with Gasteiger partial charge in [0.05, 0.1) is 0 Å². The number of nitrogens with one attached hydrogen (secondary N) is 1. The Morgan fingerprint density at radius 1 is 1.00 bits per heavy atom. The number of rotatable bonds is 6. The fourth-order valence-corrected chi connectivity index (χ4v) is 4.00. The van der Waals surface area contributed by atoms with Crippen LogP contribution < -0.4 is 5.32 Å². The Labute approximate surface area is 129 Å². The third-order valence-corrected chi connectivity index (χ3v) is 5.21. The van der Waals surface area contributed by atoms with Gasteiger partial charge >= 0.3 is 0 Å². The molecule has 0 aromatic heterocycles. The topological polar surface area (TPSA) is 15.3 Å². The molecule has 1 saturated heterocycles. The van der Waals surface area contributed by atoms with Gasteiger partial charge in [-0.1, -0.05) is 56.0 Å². The monoisotopic (exact) mass is 286 g/mol. The smallest absolute Gasteiger partial charge is 0.0234 e. The predicted octanol–water partition coefficient (Wildman–Crippen LogP) is 3.82. The van der Waals surface area contributed by atoms with E-state index in [4.69, 9.17) is 0 Å². The van der Waals surface area contributed by atoms with E-state index in [0.717, 1.165) is 12.5 Å². The van der Waals surface area contributed by atoms with Crippen LogP contribution in [0, 0.1) is 5.92 Å². The van der Waals surface area contributed by atoms with Crippen molar-refractivity contribution >= 4 is 0 Å². The van der Waals surface area contributed by atoms with E-state index >= 15 is 0 Å². The molecule has 1 aromatic rings. The molecule has 0 spiro atoms. The molecule has 1 aromatic carbocycles. The van der Waals surface area contributed by atoms with Gasteiger partial charge in [-0.15, -0.1) is 0 Å². The fourth-order valence-electron chi connectivity index (χ4n) is 4.00. The quantitative estimate of drug-likeness (QED) is 0.855. The second-order valence-electron chi connectivity index (χ2n) is 6.95. The van der Waals surface area contributed by atoms with E-state index in [1.165, 1.54) is 70.1 Å². The van der Waals surface area contributed by atoms with Gasteiger partial charge in [0.15, 0.2) is 0 Å². The van der Waals surface area contributed by atoms with Crippen LogP contribution in [-0.4, -0.2) is 30.6 Å². The summed E-state index contributed by atoms with van der Waals surface area (Å²) in [4.78, 5) is 2.62. The molecule has 1 unspecified atom stereocenters. The molecule has 2 aliphatic rings. The van der Waals surface area contributed by atoms with E-state index in [1.54, 1.807) is 0 Å². The molecule has 21 heavy (non-hydrogen) atoms. The maximum atomic E-state index is 3.82. The third kappa shape index (κ3) is 4.82. The van der Waals surface area contributed by atoms with Crippen molar-refractivity contribution in [3.8, 4) is 0 Å². The average Bonchev–Trinajstić information content (AvgIpc) is 3.02. The lowest BCUT2D eigenvalue weighted by Gasteiger charge is -2.33. The van der Waals surface area contributed by atoms with Crippen molar-refractivity contribution in [2.75, 3.05) is 19.6 Å². The molecule has 2 heteroatoms. The van der Waals surface area contributed by atoms with Crippen LogP contribution in [0.2, 0.25) is 0 Å². The van der Waals surface area contributed by atoms with Gasteiger partial charge in [-0.25, -0.2) is 0 Å². The normalized spacial score (nSPS) is 24.5. The van der Waals surface area contributed by atoms with Gasteiger partial charge in [-0.3, -0.25) is 4.90 Å². The summed E-state index contributed by atoms with van der Waals surface area (Å²) >= 11 is 0. The minimum atomic E-state index is 0.712. The second-order valence-corrected chi connectivity index (χ2v) is 6.95. The van der Waals surface area contributed by atoms with Gasteiger partial charge in [0.25, 0.3) is 0 Å². The lowest BCUT2D eigenvalue weighted by Crippen LogP contribution is -2.45. The summed E-state index contributed by atoms with van der Waals surface area (Å²) in [5, 5.41) is 3.82. The highest BCUT2D eigenvalue weighted by atomic mass is 15.2. The first-order valence-electron chi connectivity index (χ1n) is 8.90. The Balaban J connectivity index is 1.38. The van der Waals surface area contributed by atoms with Crippen LogP contribution in [0.25, 0.3) is 0 Å². The van der Waals surface area contributed by atoms with Crippen LogP contribution in [0.1, 0.15) is 50.5 Å². The molecule has 1 aliphatic carbocycles. The maximum Gasteiger partial charge on any atom is 0.0234 e. The number of piperidine rings is 1. The van der Waals surface area contributed by atoms with Crippen molar-refractivity contribution < 1.29 is 0 Å². The van der Waals surface area contributed by atoms with Crippen LogP contribution in [0.3, 0.4) is 0 Å². The Kier molecular flexibility index (Phi) is 5.70. The highest BCUT2D eigenvalue weighted by molar-refractivity contribution is 5.14. The van der Waals surface area contributed by atoms with E-state index in [2.05, 4.69) is 40.5 Å². The highest BCUT2D eigenvalue weighted by Gasteiger charge is 2.20. The molecule has 0 radical (unpaired) electrons. The minimum Gasteiger partial charge on any atom is -0.313 e. The number of benzene rings is 1. The molecule has 1 saturated carbocycles. The van der Waals surface area contributed by atoms with Crippen LogP contribution >= 0.6 is 0 Å². The summed E-state index contributed by atoms with van der Waals surface area (Å²) < 4.78 is 0. The minimum absolute atomic E-state index is 0.712. The number of nitrogens with zero attached hydrogens (tertiary/aromatic N) is 1. The Morgan fingerprint density at radius 3 is 2.62 bits per heavy atom. The molecule has 2 nitrogen and oxygen atoms in total. The van der Waals surface area contributed by atoms with E-state index in [1.807, 2.05) is 0 Å². The van der Waals surface area contributed by atoms with Crippen molar-refractivity contribution in [2.45, 2.75) is 57.5 Å². The average molecular weight is 286 g/mol. The Morgan fingerprint density at radius 2 is 1.81 bits per heavy atom. The molecule has 0 bridgehead atoms. The predicted molar refractivity (Wildman–Crippen MR) is 89.3 cm³/mol. The Hall–Kier alpha value is -0.860. The molecule has 1 atom stereocenters. The zero-order chi connectivity index (χ0) is 14.3. The molecule has 116 valence electrons. The summed E-state index contributed by atoms with van der Waals surface area (Å²) in [7, 11) is 0. The first kappa shape index (κ1) is 15.1. The molecule has 0 amide bonds. The highest BCUT2D eigenvalue weighted by Crippen LogP contribution is 2.27. The van der Waals surface area contributed by atoms with Crippen LogP contribution in [0.5, 0.6) is 0 Å². The van der Waals surface area contributed by atoms with Gasteiger partial charge in [-0.05, 0) is 43.8 Å². The molecule has 3 rings (SSSR count). The summed E-state index contributed by atoms with van der Waals surface area (Å²) in [6.45, 7) is 4.82. The van der Waals surface area contributed by atoms with Gasteiger partial charge in [0, 0.05) is 19.1 Å². The third-order valence-electron chi connectivity index (χ3n) is 5.21. The van der Waals surface area contributed by atoms with Crippen molar-refractivity contribution in [1.29, 1.82) is 0 Å². The van der Waals surface area contributed by atoms with E-state index in [9.17, 15) is 0 Å². The molecule has 1 aliphatic heterocycles. The number of hydrogen-bond acceptors (Lipinski definition) is 2. The first-order valence-corrected chi connectivity index (χ1v) is 8.90. The van der Waals surface area contributed by atoms with Crippen LogP contribution in [-0.2, 0) is 6.54 Å². The van der Waals surface area contributed by atoms with Gasteiger partial charge in [-0.2, -0.15) is 0 Å². The molecule has 1 heterocycles. The Bertz CT molecular complexity index is 397. The molecule has 1 N–H and O–H groups in total. The van der Waals surface area contributed by atoms with Crippen molar-refractivity contribution in [1.82, 2.24) is 10.2 Å². The number of likely N-dealkylation sites (tertiary alicyclic amines) is 1. The summed E-state index contributed by atoms with van der Waals surface area (Å²) in [6.07, 6.45) is 10.00. The van der Waals surface area contributed by atoms with E-state index in [-0.39, 0.29) is 0 Å². The number of hydrogen-bond donors (Lipinski definition) is 1. The maximum absolute atomic E-state index is 3.82. The summed E-state index contributed by atoms with van der Waals surface area (Å²) in [6, 6.07) is 11.6. The second kappa shape index (κ2) is 7.95. The summed E-state index contributed by atoms with van der Waals surface area (Å²) in [5.74, 6) is 1.02. The first-order chi connectivity index (χ1) is 10.4. The van der Waals surface area contributed by atoms with Gasteiger partial charge < -0.3 is 5.32 Å². The van der Waals surface area contributed by atoms with E-state index in [0.29, 0.717) is 6.04 Å². The van der Waals surface area contributed by atoms with Crippen molar-refractivity contribution in [2.24, 2.45) is 5.92 Å². The lowest BCUT2D eigenvalue weighted by molar-refractivity contribution is 0.182. The molecular weight excluding hydrogens is 256 g/mol. The van der Waals surface area contributed by atoms with Gasteiger partial charge in [0.2, 0.25) is 0 Å². The standard InChI is InChI=1S/C19H30N2/c1-2-9-18(10-3-1)15-21-14-6-11-19(16-21)20-13-12-17-7-4-5-8-17/h1-3,9-10,17,19-20H,4-8,11-16H2. The largest absolute Gasteiger partial charge is 0.313 e. The zero-order valence-electron chi connectivity index (χ0n) is 13.3. The zero-order valence-corrected chi connectivity index (χ0v) is 13.3. The van der Waals surface area contributed by atoms with Gasteiger partial charge in [0.1, 0.15) is 0 Å². The molecule has 2 fully saturated rings. The molecular formula is C19H30N2. The SMILES string of the molecule is c1ccc(CN2CCCC(NCCC3CCCC3)C2)cc1. The lowest BCUT2D eigenvalue weighted by atomic mass is 10.0. The van der Waals surface area contributed by atoms with Crippen LogP contribution in [0.4, 0.5) is 0 Å². The summed E-state index contributed by atoms with van der Waals surface area (Å²) in [5.41, 5.74) is 1.45.